The van der Waals surface area contributed by atoms with E-state index in [1.54, 1.807) is 12.4 Å². The van der Waals surface area contributed by atoms with E-state index >= 15 is 0 Å². The van der Waals surface area contributed by atoms with Gasteiger partial charge in [0.15, 0.2) is 5.82 Å². The summed E-state index contributed by atoms with van der Waals surface area (Å²) in [4.78, 5) is 8.64. The number of nitrogens with one attached hydrogen (secondary N) is 1. The molecule has 0 radical (unpaired) electrons. The molecule has 0 fully saturated rings. The molecule has 142 valence electrons. The van der Waals surface area contributed by atoms with Crippen LogP contribution in [-0.4, -0.2) is 29.5 Å². The molecule has 7 nitrogen and oxygen atoms in total. The van der Waals surface area contributed by atoms with E-state index in [0.717, 1.165) is 52.7 Å². The van der Waals surface area contributed by atoms with Crippen molar-refractivity contribution < 1.29 is 0 Å². The van der Waals surface area contributed by atoms with Gasteiger partial charge in [-0.15, -0.1) is 0 Å². The second-order valence-corrected chi connectivity index (χ2v) is 6.88. The summed E-state index contributed by atoms with van der Waals surface area (Å²) in [6.45, 7) is 5.48. The highest BCUT2D eigenvalue weighted by Crippen LogP contribution is 2.21. The standard InChI is InChI=1S/C21H23N7/c1-15-10-16(2)28(25-15)20-5-4-17(12-24-20)11-23-13-19-14-27(3)26-21(19)18-6-8-22-9-7-18/h4-10,12,14,23H,11,13H2,1-3H3. The lowest BCUT2D eigenvalue weighted by Gasteiger charge is -2.07. The summed E-state index contributed by atoms with van der Waals surface area (Å²) in [5.41, 5.74) is 6.40. The molecule has 0 aliphatic carbocycles. The van der Waals surface area contributed by atoms with E-state index in [4.69, 9.17) is 0 Å². The lowest BCUT2D eigenvalue weighted by Crippen LogP contribution is -2.13. The van der Waals surface area contributed by atoms with Crippen LogP contribution in [0.2, 0.25) is 0 Å². The maximum atomic E-state index is 4.59. The fourth-order valence-electron chi connectivity index (χ4n) is 3.27. The molecule has 28 heavy (non-hydrogen) atoms. The first-order valence-electron chi connectivity index (χ1n) is 9.22. The monoisotopic (exact) mass is 373 g/mol. The van der Waals surface area contributed by atoms with Gasteiger partial charge in [0.25, 0.3) is 0 Å². The van der Waals surface area contributed by atoms with Gasteiger partial charge >= 0.3 is 0 Å². The van der Waals surface area contributed by atoms with E-state index in [1.165, 1.54) is 0 Å². The summed E-state index contributed by atoms with van der Waals surface area (Å²) in [5, 5.41) is 12.6. The summed E-state index contributed by atoms with van der Waals surface area (Å²) in [6, 6.07) is 10.1. The van der Waals surface area contributed by atoms with Crippen LogP contribution in [-0.2, 0) is 20.1 Å². The van der Waals surface area contributed by atoms with E-state index in [2.05, 4.69) is 31.5 Å². The zero-order valence-electron chi connectivity index (χ0n) is 16.3. The summed E-state index contributed by atoms with van der Waals surface area (Å²) >= 11 is 0. The van der Waals surface area contributed by atoms with Crippen molar-refractivity contribution in [2.45, 2.75) is 26.9 Å². The van der Waals surface area contributed by atoms with Crippen molar-refractivity contribution in [2.24, 2.45) is 7.05 Å². The fraction of sp³-hybridized carbons (Fsp3) is 0.238. The summed E-state index contributed by atoms with van der Waals surface area (Å²) < 4.78 is 3.71. The van der Waals surface area contributed by atoms with Crippen molar-refractivity contribution in [2.75, 3.05) is 0 Å². The van der Waals surface area contributed by atoms with Gasteiger partial charge in [0.2, 0.25) is 0 Å². The molecule has 1 N–H and O–H groups in total. The zero-order chi connectivity index (χ0) is 19.5. The van der Waals surface area contributed by atoms with Crippen LogP contribution in [0.1, 0.15) is 22.5 Å². The van der Waals surface area contributed by atoms with Crippen LogP contribution in [0, 0.1) is 13.8 Å². The van der Waals surface area contributed by atoms with Gasteiger partial charge in [-0.25, -0.2) is 9.67 Å². The van der Waals surface area contributed by atoms with Crippen LogP contribution in [0.15, 0.2) is 55.1 Å². The molecule has 0 bridgehead atoms. The number of hydrogen-bond donors (Lipinski definition) is 1. The number of nitrogens with zero attached hydrogens (tertiary/aromatic N) is 6. The SMILES string of the molecule is Cc1cc(C)n(-c2ccc(CNCc3cn(C)nc3-c3ccncc3)cn2)n1. The molecule has 0 aromatic carbocycles. The largest absolute Gasteiger partial charge is 0.308 e. The van der Waals surface area contributed by atoms with Gasteiger partial charge in [0, 0.05) is 61.7 Å². The normalized spacial score (nSPS) is 11.1. The molecule has 4 aromatic rings. The van der Waals surface area contributed by atoms with Crippen molar-refractivity contribution >= 4 is 0 Å². The second-order valence-electron chi connectivity index (χ2n) is 6.88. The Bertz CT molecular complexity index is 1060. The van der Waals surface area contributed by atoms with Gasteiger partial charge in [0.05, 0.1) is 11.4 Å². The molecule has 0 atom stereocenters. The van der Waals surface area contributed by atoms with E-state index < -0.39 is 0 Å². The number of rotatable bonds is 6. The highest BCUT2D eigenvalue weighted by Gasteiger charge is 2.10. The Morgan fingerprint density at radius 3 is 2.50 bits per heavy atom. The molecule has 7 heteroatoms. The van der Waals surface area contributed by atoms with Crippen LogP contribution in [0.4, 0.5) is 0 Å². The van der Waals surface area contributed by atoms with Crippen LogP contribution < -0.4 is 5.32 Å². The van der Waals surface area contributed by atoms with E-state index in [1.807, 2.05) is 66.9 Å². The topological polar surface area (TPSA) is 73.5 Å². The van der Waals surface area contributed by atoms with E-state index in [9.17, 15) is 0 Å². The molecule has 0 aliphatic rings. The number of hydrogen-bond acceptors (Lipinski definition) is 5. The van der Waals surface area contributed by atoms with Gasteiger partial charge in [0.1, 0.15) is 0 Å². The predicted octanol–water partition coefficient (Wildman–Crippen LogP) is 2.97. The Morgan fingerprint density at radius 1 is 1.00 bits per heavy atom. The maximum Gasteiger partial charge on any atom is 0.153 e. The molecule has 0 aliphatic heterocycles. The van der Waals surface area contributed by atoms with Crippen LogP contribution in [0.25, 0.3) is 17.1 Å². The maximum absolute atomic E-state index is 4.59. The number of aromatic nitrogens is 6. The lowest BCUT2D eigenvalue weighted by molar-refractivity contribution is 0.689. The van der Waals surface area contributed by atoms with Crippen molar-refractivity contribution in [3.8, 4) is 17.1 Å². The lowest BCUT2D eigenvalue weighted by atomic mass is 10.1. The van der Waals surface area contributed by atoms with Crippen molar-refractivity contribution in [3.63, 3.8) is 0 Å². The molecular formula is C21H23N7. The highest BCUT2D eigenvalue weighted by molar-refractivity contribution is 5.61. The Morgan fingerprint density at radius 2 is 1.82 bits per heavy atom. The van der Waals surface area contributed by atoms with E-state index in [-0.39, 0.29) is 0 Å². The van der Waals surface area contributed by atoms with Crippen LogP contribution >= 0.6 is 0 Å². The Balaban J connectivity index is 1.42. The molecule has 0 unspecified atom stereocenters. The molecule has 0 saturated heterocycles. The molecule has 4 rings (SSSR count). The minimum Gasteiger partial charge on any atom is -0.308 e. The molecule has 0 amide bonds. The highest BCUT2D eigenvalue weighted by atomic mass is 15.3. The van der Waals surface area contributed by atoms with Crippen LogP contribution in [0.5, 0.6) is 0 Å². The number of aryl methyl sites for hydroxylation is 3. The first kappa shape index (κ1) is 18.1. The molecule has 0 saturated carbocycles. The molecular weight excluding hydrogens is 350 g/mol. The molecule has 4 heterocycles. The summed E-state index contributed by atoms with van der Waals surface area (Å²) in [7, 11) is 1.94. The average molecular weight is 373 g/mol. The zero-order valence-corrected chi connectivity index (χ0v) is 16.3. The van der Waals surface area contributed by atoms with Gasteiger partial charge < -0.3 is 5.32 Å². The fourth-order valence-corrected chi connectivity index (χ4v) is 3.27. The average Bonchev–Trinajstić information content (AvgIpc) is 3.24. The third-order valence-corrected chi connectivity index (χ3v) is 4.54. The van der Waals surface area contributed by atoms with Gasteiger partial charge in [-0.05, 0) is 43.7 Å². The minimum absolute atomic E-state index is 0.727. The van der Waals surface area contributed by atoms with E-state index in [0.29, 0.717) is 0 Å². The Labute approximate surface area is 164 Å². The third-order valence-electron chi connectivity index (χ3n) is 4.54. The molecule has 4 aromatic heterocycles. The smallest absolute Gasteiger partial charge is 0.153 e. The first-order valence-corrected chi connectivity index (χ1v) is 9.22. The number of pyridine rings is 2. The first-order chi connectivity index (χ1) is 13.6. The van der Waals surface area contributed by atoms with Crippen LogP contribution in [0.3, 0.4) is 0 Å². The van der Waals surface area contributed by atoms with Gasteiger partial charge in [-0.1, -0.05) is 6.07 Å². The summed E-state index contributed by atoms with van der Waals surface area (Å²) in [6.07, 6.45) is 7.52. The predicted molar refractivity (Wildman–Crippen MR) is 108 cm³/mol. The van der Waals surface area contributed by atoms with Crippen molar-refractivity contribution in [1.29, 1.82) is 0 Å². The molecule has 0 spiro atoms. The summed E-state index contributed by atoms with van der Waals surface area (Å²) in [5.74, 6) is 0.835. The second kappa shape index (κ2) is 7.74. The third kappa shape index (κ3) is 3.84. The Kier molecular flexibility index (Phi) is 4.99. The van der Waals surface area contributed by atoms with Gasteiger partial charge in [-0.2, -0.15) is 10.2 Å². The van der Waals surface area contributed by atoms with Crippen molar-refractivity contribution in [1.82, 2.24) is 34.8 Å². The quantitative estimate of drug-likeness (QED) is 0.562. The Hall–Kier alpha value is -3.32. The van der Waals surface area contributed by atoms with Crippen molar-refractivity contribution in [3.05, 3.63) is 77.6 Å². The minimum atomic E-state index is 0.727. The van der Waals surface area contributed by atoms with Gasteiger partial charge in [-0.3, -0.25) is 9.67 Å².